The van der Waals surface area contributed by atoms with E-state index >= 15 is 0 Å². The van der Waals surface area contributed by atoms with Crippen LogP contribution in [0.4, 0.5) is 0 Å². The van der Waals surface area contributed by atoms with Crippen LogP contribution in [0.1, 0.15) is 32.5 Å². The normalized spacial score (nSPS) is 23.2. The van der Waals surface area contributed by atoms with E-state index in [1.165, 1.54) is 0 Å². The van der Waals surface area contributed by atoms with Crippen LogP contribution in [-0.4, -0.2) is 33.8 Å². The maximum Gasteiger partial charge on any atom is 0.227 e. The van der Waals surface area contributed by atoms with E-state index in [9.17, 15) is 4.79 Å². The molecule has 1 amide bonds. The number of aryl methyl sites for hydroxylation is 1. The lowest BCUT2D eigenvalue weighted by molar-refractivity contribution is -0.130. The van der Waals surface area contributed by atoms with Gasteiger partial charge in [-0.1, -0.05) is 6.92 Å². The fraction of sp³-hybridized carbons (Fsp3) is 0.750. The van der Waals surface area contributed by atoms with Gasteiger partial charge in [0.2, 0.25) is 5.91 Å². The summed E-state index contributed by atoms with van der Waals surface area (Å²) in [5.41, 5.74) is -0.239. The van der Waals surface area contributed by atoms with Crippen LogP contribution in [0.3, 0.4) is 0 Å². The zero-order chi connectivity index (χ0) is 13.0. The molecule has 6 nitrogen and oxygen atoms in total. The molecule has 0 saturated carbocycles. The molecule has 18 heavy (non-hydrogen) atoms. The van der Waals surface area contributed by atoms with Crippen LogP contribution >= 0.6 is 0 Å². The lowest BCUT2D eigenvalue weighted by atomic mass is 9.83. The number of carbonyl (C=O) groups excluding carboxylic acids is 1. The van der Waals surface area contributed by atoms with E-state index in [-0.39, 0.29) is 11.3 Å². The summed E-state index contributed by atoms with van der Waals surface area (Å²) < 4.78 is 1.94. The van der Waals surface area contributed by atoms with E-state index in [1.54, 1.807) is 6.33 Å². The van der Waals surface area contributed by atoms with Crippen molar-refractivity contribution in [2.75, 3.05) is 13.1 Å². The van der Waals surface area contributed by atoms with Gasteiger partial charge in [-0.25, -0.2) is 0 Å². The number of amides is 1. The van der Waals surface area contributed by atoms with E-state index < -0.39 is 0 Å². The van der Waals surface area contributed by atoms with E-state index in [0.717, 1.165) is 38.3 Å². The summed E-state index contributed by atoms with van der Waals surface area (Å²) in [7, 11) is 0. The Morgan fingerprint density at radius 1 is 1.61 bits per heavy atom. The van der Waals surface area contributed by atoms with Gasteiger partial charge in [0.05, 0.1) is 12.0 Å². The molecule has 6 heteroatoms. The number of aromatic nitrogens is 3. The molecule has 1 aliphatic heterocycles. The maximum atomic E-state index is 12.3. The maximum absolute atomic E-state index is 12.3. The van der Waals surface area contributed by atoms with Gasteiger partial charge in [-0.3, -0.25) is 4.79 Å². The van der Waals surface area contributed by atoms with Gasteiger partial charge >= 0.3 is 0 Å². The molecule has 1 unspecified atom stereocenters. The molecule has 0 bridgehead atoms. The molecule has 0 spiro atoms. The van der Waals surface area contributed by atoms with Gasteiger partial charge in [-0.05, 0) is 26.3 Å². The van der Waals surface area contributed by atoms with Crippen LogP contribution in [0.5, 0.6) is 0 Å². The Bertz CT molecular complexity index is 408. The number of nitrogens with zero attached hydrogens (tertiary/aromatic N) is 3. The second-order valence-corrected chi connectivity index (χ2v) is 4.78. The Hall–Kier alpha value is -1.43. The van der Waals surface area contributed by atoms with Crippen LogP contribution in [0.15, 0.2) is 6.33 Å². The highest BCUT2D eigenvalue weighted by molar-refractivity contribution is 5.83. The predicted molar refractivity (Wildman–Crippen MR) is 67.8 cm³/mol. The van der Waals surface area contributed by atoms with Gasteiger partial charge in [0, 0.05) is 13.1 Å². The van der Waals surface area contributed by atoms with Gasteiger partial charge in [0.1, 0.15) is 6.33 Å². The average Bonchev–Trinajstić information content (AvgIpc) is 3.05. The van der Waals surface area contributed by atoms with Gasteiger partial charge in [-0.15, -0.1) is 10.2 Å². The lowest BCUT2D eigenvalue weighted by Crippen LogP contribution is -2.42. The van der Waals surface area contributed by atoms with Crippen molar-refractivity contribution >= 4 is 5.91 Å². The fourth-order valence-electron chi connectivity index (χ4n) is 2.43. The number of nitrogens with one attached hydrogen (secondary N) is 2. The van der Waals surface area contributed by atoms with Gasteiger partial charge in [-0.2, -0.15) is 0 Å². The smallest absolute Gasteiger partial charge is 0.227 e. The van der Waals surface area contributed by atoms with Crippen LogP contribution < -0.4 is 10.6 Å². The van der Waals surface area contributed by atoms with Crippen molar-refractivity contribution in [1.82, 2.24) is 25.4 Å². The van der Waals surface area contributed by atoms with E-state index in [0.29, 0.717) is 6.54 Å². The topological polar surface area (TPSA) is 71.8 Å². The van der Waals surface area contributed by atoms with Crippen molar-refractivity contribution in [3.63, 3.8) is 0 Å². The van der Waals surface area contributed by atoms with Crippen LogP contribution in [0.2, 0.25) is 0 Å². The third-order valence-electron chi connectivity index (χ3n) is 3.85. The third-order valence-corrected chi connectivity index (χ3v) is 3.85. The summed E-state index contributed by atoms with van der Waals surface area (Å²) in [6.45, 7) is 7.07. The minimum atomic E-state index is -0.239. The molecule has 2 heterocycles. The standard InChI is InChI=1S/C12H21N5O/c1-3-12(5-6-13-8-12)11(18)14-7-10-16-15-9-17(10)4-2/h9,13H,3-8H2,1-2H3,(H,14,18). The molecule has 2 rings (SSSR count). The fourth-order valence-corrected chi connectivity index (χ4v) is 2.43. The SMILES string of the molecule is CCn1cnnc1CNC(=O)C1(CC)CCNC1. The molecule has 100 valence electrons. The number of rotatable bonds is 5. The van der Waals surface area contributed by atoms with Gasteiger partial charge in [0.25, 0.3) is 0 Å². The molecule has 0 radical (unpaired) electrons. The highest BCUT2D eigenvalue weighted by atomic mass is 16.2. The van der Waals surface area contributed by atoms with Gasteiger partial charge in [0.15, 0.2) is 5.82 Å². The molecule has 0 aliphatic carbocycles. The summed E-state index contributed by atoms with van der Waals surface area (Å²) in [6, 6.07) is 0. The Morgan fingerprint density at radius 2 is 2.44 bits per heavy atom. The minimum Gasteiger partial charge on any atom is -0.348 e. The molecular formula is C12H21N5O. The largest absolute Gasteiger partial charge is 0.348 e. The number of hydrogen-bond donors (Lipinski definition) is 2. The molecular weight excluding hydrogens is 230 g/mol. The van der Waals surface area contributed by atoms with Crippen molar-refractivity contribution in [2.45, 2.75) is 39.8 Å². The third kappa shape index (κ3) is 2.38. The molecule has 1 atom stereocenters. The van der Waals surface area contributed by atoms with Crippen molar-refractivity contribution in [3.05, 3.63) is 12.2 Å². The molecule has 1 aromatic rings. The molecule has 1 aliphatic rings. The highest BCUT2D eigenvalue weighted by Gasteiger charge is 2.39. The second kappa shape index (κ2) is 5.48. The van der Waals surface area contributed by atoms with Crippen LogP contribution in [-0.2, 0) is 17.9 Å². The van der Waals surface area contributed by atoms with E-state index in [2.05, 4.69) is 27.8 Å². The first-order chi connectivity index (χ1) is 8.72. The Balaban J connectivity index is 1.95. The minimum absolute atomic E-state index is 0.126. The summed E-state index contributed by atoms with van der Waals surface area (Å²) >= 11 is 0. The summed E-state index contributed by atoms with van der Waals surface area (Å²) in [4.78, 5) is 12.3. The Labute approximate surface area is 107 Å². The summed E-state index contributed by atoms with van der Waals surface area (Å²) in [5, 5.41) is 14.1. The average molecular weight is 251 g/mol. The predicted octanol–water partition coefficient (Wildman–Crippen LogP) is 0.304. The summed E-state index contributed by atoms with van der Waals surface area (Å²) in [6.07, 6.45) is 3.47. The van der Waals surface area contributed by atoms with Gasteiger partial charge < -0.3 is 15.2 Å². The van der Waals surface area contributed by atoms with E-state index in [1.807, 2.05) is 11.5 Å². The van der Waals surface area contributed by atoms with Crippen molar-refractivity contribution in [3.8, 4) is 0 Å². The molecule has 0 aromatic carbocycles. The first-order valence-corrected chi connectivity index (χ1v) is 6.57. The zero-order valence-corrected chi connectivity index (χ0v) is 11.1. The lowest BCUT2D eigenvalue weighted by Gasteiger charge is -2.25. The Kier molecular flexibility index (Phi) is 3.96. The van der Waals surface area contributed by atoms with Crippen molar-refractivity contribution in [2.24, 2.45) is 5.41 Å². The number of hydrogen-bond acceptors (Lipinski definition) is 4. The first kappa shape index (κ1) is 13.0. The first-order valence-electron chi connectivity index (χ1n) is 6.57. The Morgan fingerprint density at radius 3 is 3.06 bits per heavy atom. The molecule has 1 saturated heterocycles. The monoisotopic (exact) mass is 251 g/mol. The molecule has 1 fully saturated rings. The molecule has 2 N–H and O–H groups in total. The quantitative estimate of drug-likeness (QED) is 0.789. The number of carbonyl (C=O) groups is 1. The highest BCUT2D eigenvalue weighted by Crippen LogP contribution is 2.29. The van der Waals surface area contributed by atoms with Crippen molar-refractivity contribution < 1.29 is 4.79 Å². The van der Waals surface area contributed by atoms with Crippen LogP contribution in [0.25, 0.3) is 0 Å². The second-order valence-electron chi connectivity index (χ2n) is 4.78. The van der Waals surface area contributed by atoms with Crippen LogP contribution in [0, 0.1) is 5.41 Å². The molecule has 1 aromatic heterocycles. The van der Waals surface area contributed by atoms with E-state index in [4.69, 9.17) is 0 Å². The van der Waals surface area contributed by atoms with Crippen molar-refractivity contribution in [1.29, 1.82) is 0 Å². The zero-order valence-electron chi connectivity index (χ0n) is 11.1. The summed E-state index contributed by atoms with van der Waals surface area (Å²) in [5.74, 6) is 0.934.